The van der Waals surface area contributed by atoms with E-state index < -0.39 is 0 Å². The van der Waals surface area contributed by atoms with Crippen molar-refractivity contribution in [1.82, 2.24) is 4.90 Å². The van der Waals surface area contributed by atoms with Gasteiger partial charge in [-0.1, -0.05) is 12.8 Å². The van der Waals surface area contributed by atoms with Crippen LogP contribution in [0.5, 0.6) is 0 Å². The number of nitrogens with two attached hydrogens (primary N) is 1. The third-order valence-electron chi connectivity index (χ3n) is 3.36. The van der Waals surface area contributed by atoms with Crippen LogP contribution in [0.3, 0.4) is 0 Å². The minimum absolute atomic E-state index is 0.377. The molecular weight excluding hydrogens is 204 g/mol. The third kappa shape index (κ3) is 2.80. The number of hydrogen-bond acceptors (Lipinski definition) is 3. The molecule has 1 aliphatic carbocycles. The highest BCUT2D eigenvalue weighted by atomic mass is 32.1. The van der Waals surface area contributed by atoms with E-state index in [1.54, 1.807) is 11.3 Å². The van der Waals surface area contributed by atoms with E-state index in [1.165, 1.54) is 31.2 Å². The van der Waals surface area contributed by atoms with Crippen LogP contribution in [0.25, 0.3) is 0 Å². The summed E-state index contributed by atoms with van der Waals surface area (Å²) in [6.07, 6.45) is 5.11. The van der Waals surface area contributed by atoms with Crippen molar-refractivity contribution < 1.29 is 0 Å². The molecule has 84 valence electrons. The molecule has 1 fully saturated rings. The number of hydrogen-bond donors (Lipinski definition) is 1. The summed E-state index contributed by atoms with van der Waals surface area (Å²) in [5, 5.41) is 4.37. The zero-order valence-electron chi connectivity index (χ0n) is 9.36. The number of likely N-dealkylation sites (N-methyl/N-ethyl adjacent to an activating group) is 1. The third-order valence-corrected chi connectivity index (χ3v) is 4.09. The van der Waals surface area contributed by atoms with Gasteiger partial charge in [0.1, 0.15) is 0 Å². The van der Waals surface area contributed by atoms with E-state index in [-0.39, 0.29) is 0 Å². The van der Waals surface area contributed by atoms with E-state index in [2.05, 4.69) is 28.8 Å². The molecule has 3 heteroatoms. The molecule has 0 bridgehead atoms. The molecule has 2 atom stereocenters. The van der Waals surface area contributed by atoms with E-state index in [0.29, 0.717) is 12.1 Å². The molecule has 0 aliphatic heterocycles. The maximum Gasteiger partial charge on any atom is 0.0247 e. The fourth-order valence-corrected chi connectivity index (χ4v) is 3.13. The second-order valence-corrected chi connectivity index (χ2v) is 5.34. The summed E-state index contributed by atoms with van der Waals surface area (Å²) < 4.78 is 0. The van der Waals surface area contributed by atoms with Gasteiger partial charge in [0.05, 0.1) is 0 Å². The smallest absolute Gasteiger partial charge is 0.0247 e. The lowest BCUT2D eigenvalue weighted by Gasteiger charge is -2.35. The van der Waals surface area contributed by atoms with E-state index >= 15 is 0 Å². The second kappa shape index (κ2) is 5.10. The highest BCUT2D eigenvalue weighted by Crippen LogP contribution is 2.22. The molecule has 15 heavy (non-hydrogen) atoms. The number of rotatable bonds is 3. The molecule has 2 unspecified atom stereocenters. The fraction of sp³-hybridized carbons (Fsp3) is 0.667. The van der Waals surface area contributed by atoms with Crippen molar-refractivity contribution in [2.45, 2.75) is 44.3 Å². The van der Waals surface area contributed by atoms with Gasteiger partial charge in [-0.3, -0.25) is 4.90 Å². The lowest BCUT2D eigenvalue weighted by molar-refractivity contribution is 0.162. The molecule has 1 aromatic heterocycles. The van der Waals surface area contributed by atoms with Gasteiger partial charge in [-0.2, -0.15) is 11.3 Å². The normalized spacial score (nSPS) is 27.1. The molecule has 0 amide bonds. The topological polar surface area (TPSA) is 29.3 Å². The molecule has 0 saturated heterocycles. The minimum atomic E-state index is 0.377. The Labute approximate surface area is 96.1 Å². The van der Waals surface area contributed by atoms with E-state index in [0.717, 1.165) is 6.54 Å². The minimum Gasteiger partial charge on any atom is -0.326 e. The summed E-state index contributed by atoms with van der Waals surface area (Å²) in [6, 6.07) is 3.16. The van der Waals surface area contributed by atoms with Crippen molar-refractivity contribution in [3.05, 3.63) is 22.4 Å². The predicted octanol–water partition coefficient (Wildman–Crippen LogP) is 2.45. The predicted molar refractivity (Wildman–Crippen MR) is 66.0 cm³/mol. The zero-order chi connectivity index (χ0) is 10.7. The Morgan fingerprint density at radius 2 is 2.27 bits per heavy atom. The van der Waals surface area contributed by atoms with Gasteiger partial charge in [0.25, 0.3) is 0 Å². The maximum atomic E-state index is 6.17. The van der Waals surface area contributed by atoms with Crippen molar-refractivity contribution in [2.24, 2.45) is 5.73 Å². The summed E-state index contributed by atoms with van der Waals surface area (Å²) in [5.74, 6) is 0. The molecule has 0 aromatic carbocycles. The summed E-state index contributed by atoms with van der Waals surface area (Å²) in [4.78, 5) is 2.42. The molecule has 0 spiro atoms. The van der Waals surface area contributed by atoms with Crippen molar-refractivity contribution >= 4 is 11.3 Å². The molecule has 2 N–H and O–H groups in total. The number of nitrogens with zero attached hydrogens (tertiary/aromatic N) is 1. The standard InChI is InChI=1S/C12H20N2S/c1-14(8-10-6-7-15-9-10)12-5-3-2-4-11(12)13/h6-7,9,11-12H,2-5,8,13H2,1H3. The summed E-state index contributed by atoms with van der Waals surface area (Å²) in [6.45, 7) is 1.04. The van der Waals surface area contributed by atoms with Gasteiger partial charge < -0.3 is 5.73 Å². The highest BCUT2D eigenvalue weighted by Gasteiger charge is 2.25. The maximum absolute atomic E-state index is 6.17. The van der Waals surface area contributed by atoms with Crippen molar-refractivity contribution in [3.8, 4) is 0 Å². The molecule has 2 nitrogen and oxygen atoms in total. The van der Waals surface area contributed by atoms with Crippen LogP contribution in [0, 0.1) is 0 Å². The monoisotopic (exact) mass is 224 g/mol. The molecule has 1 aliphatic rings. The van der Waals surface area contributed by atoms with Crippen LogP contribution < -0.4 is 5.73 Å². The summed E-state index contributed by atoms with van der Waals surface area (Å²) in [5.41, 5.74) is 7.59. The molecule has 0 radical (unpaired) electrons. The van der Waals surface area contributed by atoms with Gasteiger partial charge >= 0.3 is 0 Å². The largest absolute Gasteiger partial charge is 0.326 e. The van der Waals surface area contributed by atoms with E-state index in [1.807, 2.05) is 0 Å². The van der Waals surface area contributed by atoms with Crippen LogP contribution in [-0.2, 0) is 6.54 Å². The number of thiophene rings is 1. The van der Waals surface area contributed by atoms with E-state index in [4.69, 9.17) is 5.73 Å². The fourth-order valence-electron chi connectivity index (χ4n) is 2.48. The summed E-state index contributed by atoms with van der Waals surface area (Å²) >= 11 is 1.77. The van der Waals surface area contributed by atoms with Crippen molar-refractivity contribution in [3.63, 3.8) is 0 Å². The first kappa shape index (κ1) is 11.1. The molecular formula is C12H20N2S. The van der Waals surface area contributed by atoms with E-state index in [9.17, 15) is 0 Å². The van der Waals surface area contributed by atoms with Crippen LogP contribution in [0.2, 0.25) is 0 Å². The van der Waals surface area contributed by atoms with Crippen LogP contribution in [0.15, 0.2) is 16.8 Å². The Kier molecular flexibility index (Phi) is 3.78. The lowest BCUT2D eigenvalue weighted by Crippen LogP contribution is -2.47. The molecule has 2 rings (SSSR count). The van der Waals surface area contributed by atoms with Crippen LogP contribution in [0.4, 0.5) is 0 Å². The van der Waals surface area contributed by atoms with Crippen LogP contribution >= 0.6 is 11.3 Å². The van der Waals surface area contributed by atoms with Gasteiger partial charge in [0.2, 0.25) is 0 Å². The van der Waals surface area contributed by atoms with Gasteiger partial charge in [-0.05, 0) is 42.3 Å². The Balaban J connectivity index is 1.91. The van der Waals surface area contributed by atoms with Crippen molar-refractivity contribution in [2.75, 3.05) is 7.05 Å². The first-order valence-electron chi connectivity index (χ1n) is 5.74. The van der Waals surface area contributed by atoms with Gasteiger partial charge in [0, 0.05) is 18.6 Å². The second-order valence-electron chi connectivity index (χ2n) is 4.56. The first-order chi connectivity index (χ1) is 7.27. The SMILES string of the molecule is CN(Cc1ccsc1)C1CCCCC1N. The summed E-state index contributed by atoms with van der Waals surface area (Å²) in [7, 11) is 2.20. The Morgan fingerprint density at radius 3 is 2.93 bits per heavy atom. The molecule has 1 saturated carbocycles. The average molecular weight is 224 g/mol. The van der Waals surface area contributed by atoms with Crippen LogP contribution in [-0.4, -0.2) is 24.0 Å². The van der Waals surface area contributed by atoms with Gasteiger partial charge in [-0.25, -0.2) is 0 Å². The average Bonchev–Trinajstić information content (AvgIpc) is 2.71. The lowest BCUT2D eigenvalue weighted by atomic mass is 9.90. The van der Waals surface area contributed by atoms with Gasteiger partial charge in [0.15, 0.2) is 0 Å². The van der Waals surface area contributed by atoms with Crippen LogP contribution in [0.1, 0.15) is 31.2 Å². The van der Waals surface area contributed by atoms with Crippen molar-refractivity contribution in [1.29, 1.82) is 0 Å². The zero-order valence-corrected chi connectivity index (χ0v) is 10.2. The first-order valence-corrected chi connectivity index (χ1v) is 6.68. The molecule has 1 aromatic rings. The highest BCUT2D eigenvalue weighted by molar-refractivity contribution is 7.07. The quantitative estimate of drug-likeness (QED) is 0.854. The molecule has 1 heterocycles. The Morgan fingerprint density at radius 1 is 1.47 bits per heavy atom. The van der Waals surface area contributed by atoms with Gasteiger partial charge in [-0.15, -0.1) is 0 Å². The Bertz CT molecular complexity index is 284. The Hall–Kier alpha value is -0.380.